The van der Waals surface area contributed by atoms with Crippen LogP contribution in [0.25, 0.3) is 0 Å². The van der Waals surface area contributed by atoms with Crippen LogP contribution >= 0.6 is 0 Å². The predicted molar refractivity (Wildman–Crippen MR) is 79.4 cm³/mol. The molecule has 0 N–H and O–H groups in total. The smallest absolute Gasteiger partial charge is 0.159 e. The van der Waals surface area contributed by atoms with Crippen molar-refractivity contribution in [2.75, 3.05) is 0 Å². The van der Waals surface area contributed by atoms with E-state index in [1.165, 1.54) is 6.92 Å². The van der Waals surface area contributed by atoms with Crippen molar-refractivity contribution in [1.82, 2.24) is 0 Å². The third kappa shape index (κ3) is 5.81. The summed E-state index contributed by atoms with van der Waals surface area (Å²) in [6.07, 6.45) is 6.47. The molecule has 0 heterocycles. The second-order valence-electron chi connectivity index (χ2n) is 5.26. The molecule has 2 rings (SSSR count). The van der Waals surface area contributed by atoms with Crippen molar-refractivity contribution in [2.45, 2.75) is 32.6 Å². The van der Waals surface area contributed by atoms with Gasteiger partial charge in [-0.25, -0.2) is 0 Å². The number of aldehydes is 3. The van der Waals surface area contributed by atoms with Crippen LogP contribution in [0, 0.1) is 11.8 Å². The Bertz CT molecular complexity index is 493. The van der Waals surface area contributed by atoms with Crippen LogP contribution in [0.1, 0.15) is 53.3 Å². The van der Waals surface area contributed by atoms with Crippen LogP contribution < -0.4 is 0 Å². The van der Waals surface area contributed by atoms with Crippen LogP contribution in [0.2, 0.25) is 0 Å². The van der Waals surface area contributed by atoms with E-state index in [9.17, 15) is 19.2 Å². The maximum atomic E-state index is 10.8. The summed E-state index contributed by atoms with van der Waals surface area (Å²) >= 11 is 0. The van der Waals surface area contributed by atoms with E-state index in [0.29, 0.717) is 11.1 Å². The normalized spacial score (nSPS) is 20.6. The van der Waals surface area contributed by atoms with Gasteiger partial charge >= 0.3 is 0 Å². The molecule has 2 atom stereocenters. The Morgan fingerprint density at radius 3 is 2.19 bits per heavy atom. The van der Waals surface area contributed by atoms with Gasteiger partial charge in [-0.05, 0) is 32.3 Å². The Labute approximate surface area is 124 Å². The molecule has 1 aromatic carbocycles. The van der Waals surface area contributed by atoms with Crippen molar-refractivity contribution in [2.24, 2.45) is 11.8 Å². The zero-order chi connectivity index (χ0) is 15.7. The fraction of sp³-hybridized carbons (Fsp3) is 0.412. The van der Waals surface area contributed by atoms with Crippen LogP contribution in [0.4, 0.5) is 0 Å². The molecule has 1 aliphatic carbocycles. The lowest BCUT2D eigenvalue weighted by Gasteiger charge is -2.20. The molecule has 0 radical (unpaired) electrons. The van der Waals surface area contributed by atoms with E-state index in [0.717, 1.165) is 44.5 Å². The van der Waals surface area contributed by atoms with Crippen LogP contribution in [0.3, 0.4) is 0 Å². The Hall–Kier alpha value is -2.10. The lowest BCUT2D eigenvalue weighted by molar-refractivity contribution is -0.115. The molecule has 112 valence electrons. The van der Waals surface area contributed by atoms with E-state index < -0.39 is 0 Å². The van der Waals surface area contributed by atoms with Gasteiger partial charge < -0.3 is 9.59 Å². The highest BCUT2D eigenvalue weighted by atomic mass is 16.1. The molecular formula is C17H20O4. The van der Waals surface area contributed by atoms with Gasteiger partial charge in [-0.1, -0.05) is 24.6 Å². The number of carbonyl (C=O) groups excluding carboxylic acids is 4. The maximum Gasteiger partial charge on any atom is 0.159 e. The Morgan fingerprint density at radius 2 is 1.71 bits per heavy atom. The molecule has 0 amide bonds. The van der Waals surface area contributed by atoms with E-state index in [4.69, 9.17) is 0 Å². The molecule has 0 spiro atoms. The first-order valence-corrected chi connectivity index (χ1v) is 7.07. The number of ketones is 1. The van der Waals surface area contributed by atoms with Gasteiger partial charge in [0.05, 0.1) is 0 Å². The van der Waals surface area contributed by atoms with Gasteiger partial charge in [-0.15, -0.1) is 0 Å². The van der Waals surface area contributed by atoms with Crippen molar-refractivity contribution >= 4 is 24.6 Å². The molecule has 1 aliphatic rings. The molecule has 1 saturated carbocycles. The summed E-state index contributed by atoms with van der Waals surface area (Å²) in [5, 5.41) is 0. The molecule has 1 fully saturated rings. The van der Waals surface area contributed by atoms with Gasteiger partial charge in [0.2, 0.25) is 0 Å². The molecular weight excluding hydrogens is 268 g/mol. The molecule has 21 heavy (non-hydrogen) atoms. The summed E-state index contributed by atoms with van der Waals surface area (Å²) in [5.74, 6) is 0.293. The standard InChI is InChI=1S/C9H8O2.C8H12O2/c1-7(11)9-4-2-3-8(5-9)6-10;9-5-7-2-1-3-8(4-7)6-10/h2-6H,1H3;5-8H,1-4H2. The van der Waals surface area contributed by atoms with Crippen LogP contribution in [0.15, 0.2) is 24.3 Å². The summed E-state index contributed by atoms with van der Waals surface area (Å²) in [6, 6.07) is 6.63. The van der Waals surface area contributed by atoms with Crippen LogP contribution in [0.5, 0.6) is 0 Å². The number of hydrogen-bond acceptors (Lipinski definition) is 4. The third-order valence-electron chi connectivity index (χ3n) is 3.57. The Kier molecular flexibility index (Phi) is 7.23. The Morgan fingerprint density at radius 1 is 1.10 bits per heavy atom. The minimum atomic E-state index is -0.0197. The molecule has 0 saturated heterocycles. The van der Waals surface area contributed by atoms with E-state index in [-0.39, 0.29) is 17.6 Å². The highest BCUT2D eigenvalue weighted by molar-refractivity contribution is 5.95. The largest absolute Gasteiger partial charge is 0.303 e. The van der Waals surface area contributed by atoms with E-state index in [1.54, 1.807) is 24.3 Å². The van der Waals surface area contributed by atoms with Gasteiger partial charge in [-0.2, -0.15) is 0 Å². The minimum Gasteiger partial charge on any atom is -0.303 e. The fourth-order valence-electron chi connectivity index (χ4n) is 2.34. The molecule has 1 aromatic rings. The average molecular weight is 288 g/mol. The monoisotopic (exact) mass is 288 g/mol. The summed E-state index contributed by atoms with van der Waals surface area (Å²) < 4.78 is 0. The lowest BCUT2D eigenvalue weighted by Crippen LogP contribution is -2.17. The fourth-order valence-corrected chi connectivity index (χ4v) is 2.34. The van der Waals surface area contributed by atoms with Gasteiger partial charge in [0, 0.05) is 23.0 Å². The molecule has 4 heteroatoms. The second-order valence-corrected chi connectivity index (χ2v) is 5.26. The average Bonchev–Trinajstić information content (AvgIpc) is 2.55. The van der Waals surface area contributed by atoms with Crippen molar-refractivity contribution in [1.29, 1.82) is 0 Å². The molecule has 0 bridgehead atoms. The maximum absolute atomic E-state index is 10.8. The molecule has 0 aliphatic heterocycles. The highest BCUT2D eigenvalue weighted by Gasteiger charge is 2.20. The zero-order valence-corrected chi connectivity index (χ0v) is 12.2. The summed E-state index contributed by atoms with van der Waals surface area (Å²) in [4.78, 5) is 41.7. The molecule has 0 aromatic heterocycles. The highest BCUT2D eigenvalue weighted by Crippen LogP contribution is 2.25. The van der Waals surface area contributed by atoms with E-state index >= 15 is 0 Å². The van der Waals surface area contributed by atoms with E-state index in [1.807, 2.05) is 0 Å². The first kappa shape index (κ1) is 17.0. The number of rotatable bonds is 4. The number of carbonyl (C=O) groups is 4. The first-order chi connectivity index (χ1) is 10.1. The van der Waals surface area contributed by atoms with Crippen molar-refractivity contribution < 1.29 is 19.2 Å². The summed E-state index contributed by atoms with van der Waals surface area (Å²) in [6.45, 7) is 1.48. The Balaban J connectivity index is 0.000000211. The van der Waals surface area contributed by atoms with Crippen LogP contribution in [-0.4, -0.2) is 24.6 Å². The third-order valence-corrected chi connectivity index (χ3v) is 3.57. The summed E-state index contributed by atoms with van der Waals surface area (Å²) in [7, 11) is 0. The first-order valence-electron chi connectivity index (χ1n) is 7.07. The second kappa shape index (κ2) is 8.95. The van der Waals surface area contributed by atoms with Crippen molar-refractivity contribution in [3.8, 4) is 0 Å². The van der Waals surface area contributed by atoms with E-state index in [2.05, 4.69) is 0 Å². The SMILES string of the molecule is CC(=O)c1cccc(C=O)c1.O=CC1CCCC(C=O)C1. The minimum absolute atomic E-state index is 0.0197. The van der Waals surface area contributed by atoms with Crippen molar-refractivity contribution in [3.05, 3.63) is 35.4 Å². The number of Topliss-reactive ketones (excluding diaryl/α,β-unsaturated/α-hetero) is 1. The van der Waals surface area contributed by atoms with Gasteiger partial charge in [0.15, 0.2) is 5.78 Å². The van der Waals surface area contributed by atoms with Gasteiger partial charge in [0.25, 0.3) is 0 Å². The predicted octanol–water partition coefficient (Wildman–Crippen LogP) is 2.89. The zero-order valence-electron chi connectivity index (χ0n) is 12.2. The van der Waals surface area contributed by atoms with Crippen LogP contribution in [-0.2, 0) is 9.59 Å². The summed E-state index contributed by atoms with van der Waals surface area (Å²) in [5.41, 5.74) is 1.12. The molecule has 4 nitrogen and oxygen atoms in total. The van der Waals surface area contributed by atoms with Gasteiger partial charge in [-0.3, -0.25) is 9.59 Å². The molecule has 2 unspecified atom stereocenters. The quantitative estimate of drug-likeness (QED) is 0.631. The number of benzene rings is 1. The lowest BCUT2D eigenvalue weighted by atomic mass is 9.83. The van der Waals surface area contributed by atoms with Crippen molar-refractivity contribution in [3.63, 3.8) is 0 Å². The number of hydrogen-bond donors (Lipinski definition) is 0. The topological polar surface area (TPSA) is 68.3 Å². The van der Waals surface area contributed by atoms with Gasteiger partial charge in [0.1, 0.15) is 18.9 Å².